The lowest BCUT2D eigenvalue weighted by Crippen LogP contribution is -2.19. The number of hydrogen-bond acceptors (Lipinski definition) is 4. The zero-order valence-corrected chi connectivity index (χ0v) is 10.8. The zero-order chi connectivity index (χ0) is 13.8. The van der Waals surface area contributed by atoms with Crippen molar-refractivity contribution in [2.45, 2.75) is 18.1 Å². The van der Waals surface area contributed by atoms with Gasteiger partial charge in [0.25, 0.3) is 0 Å². The number of pyridine rings is 1. The monoisotopic (exact) mass is 324 g/mol. The van der Waals surface area contributed by atoms with Crippen molar-refractivity contribution in [2.75, 3.05) is 7.11 Å². The molecule has 1 aromatic heterocycles. The molecule has 18 heavy (non-hydrogen) atoms. The minimum atomic E-state index is -4.85. The second-order valence-electron chi connectivity index (χ2n) is 3.11. The fraction of sp³-hybridized carbons (Fsp3) is 0.400. The first kappa shape index (κ1) is 14.6. The van der Waals surface area contributed by atoms with E-state index in [0.717, 1.165) is 0 Å². The van der Waals surface area contributed by atoms with E-state index >= 15 is 0 Å². The van der Waals surface area contributed by atoms with Crippen LogP contribution in [0.3, 0.4) is 0 Å². The van der Waals surface area contributed by atoms with Crippen molar-refractivity contribution in [2.24, 2.45) is 0 Å². The zero-order valence-electron chi connectivity index (χ0n) is 9.21. The van der Waals surface area contributed by atoms with Gasteiger partial charge < -0.3 is 9.47 Å². The number of rotatable bonds is 4. The van der Waals surface area contributed by atoms with E-state index < -0.39 is 12.1 Å². The van der Waals surface area contributed by atoms with Crippen LogP contribution in [0.15, 0.2) is 6.20 Å². The predicted octanol–water partition coefficient (Wildman–Crippen LogP) is 2.95. The number of alkyl halides is 4. The van der Waals surface area contributed by atoms with Gasteiger partial charge in [-0.25, -0.2) is 0 Å². The molecule has 1 aromatic rings. The average Bonchev–Trinajstić information content (AvgIpc) is 2.28. The Hall–Kier alpha value is -1.49. The Bertz CT molecular complexity index is 471. The van der Waals surface area contributed by atoms with Gasteiger partial charge in [-0.05, 0) is 0 Å². The first-order valence-corrected chi connectivity index (χ1v) is 5.78. The van der Waals surface area contributed by atoms with Gasteiger partial charge in [-0.1, -0.05) is 15.9 Å². The van der Waals surface area contributed by atoms with Gasteiger partial charge in [-0.3, -0.25) is 4.98 Å². The Balaban J connectivity index is 3.33. The third-order valence-electron chi connectivity index (χ3n) is 1.95. The summed E-state index contributed by atoms with van der Waals surface area (Å²) >= 11 is 3.01. The van der Waals surface area contributed by atoms with Crippen LogP contribution in [0.25, 0.3) is 0 Å². The molecule has 0 unspecified atom stereocenters. The second-order valence-corrected chi connectivity index (χ2v) is 3.67. The summed E-state index contributed by atoms with van der Waals surface area (Å²) < 4.78 is 45.7. The van der Waals surface area contributed by atoms with Crippen molar-refractivity contribution >= 4 is 15.9 Å². The largest absolute Gasteiger partial charge is 0.573 e. The molecular weight excluding hydrogens is 317 g/mol. The summed E-state index contributed by atoms with van der Waals surface area (Å²) in [6, 6.07) is 1.82. The van der Waals surface area contributed by atoms with E-state index in [1.54, 1.807) is 0 Å². The van der Waals surface area contributed by atoms with Gasteiger partial charge in [0.05, 0.1) is 25.3 Å². The Morgan fingerprint density at radius 3 is 2.56 bits per heavy atom. The van der Waals surface area contributed by atoms with Crippen molar-refractivity contribution in [3.8, 4) is 17.6 Å². The normalized spacial score (nSPS) is 10.9. The smallest absolute Gasteiger partial charge is 0.492 e. The number of aromatic nitrogens is 1. The van der Waals surface area contributed by atoms with Crippen molar-refractivity contribution in [1.29, 1.82) is 5.26 Å². The molecule has 0 saturated heterocycles. The van der Waals surface area contributed by atoms with Crippen LogP contribution in [0.2, 0.25) is 0 Å². The van der Waals surface area contributed by atoms with Gasteiger partial charge in [0, 0.05) is 17.1 Å². The highest BCUT2D eigenvalue weighted by Gasteiger charge is 2.34. The molecule has 0 aliphatic rings. The number of nitriles is 1. The fourth-order valence-corrected chi connectivity index (χ4v) is 1.70. The van der Waals surface area contributed by atoms with Crippen LogP contribution in [0.5, 0.6) is 11.5 Å². The summed E-state index contributed by atoms with van der Waals surface area (Å²) in [7, 11) is 1.21. The lowest BCUT2D eigenvalue weighted by atomic mass is 10.1. The fourth-order valence-electron chi connectivity index (χ4n) is 1.30. The Kier molecular flexibility index (Phi) is 4.78. The Labute approximate surface area is 109 Å². The minimum Gasteiger partial charge on any atom is -0.492 e. The number of hydrogen-bond donors (Lipinski definition) is 0. The van der Waals surface area contributed by atoms with Crippen molar-refractivity contribution in [3.05, 3.63) is 17.5 Å². The molecule has 0 radical (unpaired) electrons. The maximum atomic E-state index is 12.3. The standard InChI is InChI=1S/C10H8BrF3N2O2/c1-17-8-6(2-3-15)5-16-7(4-11)9(8)18-10(12,13)14/h5H,2,4H2,1H3. The lowest BCUT2D eigenvalue weighted by Gasteiger charge is -2.16. The van der Waals surface area contributed by atoms with Crippen molar-refractivity contribution in [1.82, 2.24) is 4.98 Å². The minimum absolute atomic E-state index is 0.0471. The lowest BCUT2D eigenvalue weighted by molar-refractivity contribution is -0.275. The highest BCUT2D eigenvalue weighted by Crippen LogP contribution is 2.38. The third kappa shape index (κ3) is 3.50. The molecule has 1 heterocycles. The van der Waals surface area contributed by atoms with Crippen molar-refractivity contribution < 1.29 is 22.6 Å². The molecule has 0 atom stereocenters. The first-order chi connectivity index (χ1) is 8.42. The second kappa shape index (κ2) is 5.91. The summed E-state index contributed by atoms with van der Waals surface area (Å²) in [5.74, 6) is -0.645. The quantitative estimate of drug-likeness (QED) is 0.799. The molecule has 98 valence electrons. The average molecular weight is 325 g/mol. The maximum Gasteiger partial charge on any atom is 0.573 e. The molecule has 0 saturated carbocycles. The van der Waals surface area contributed by atoms with Crippen LogP contribution in [0, 0.1) is 11.3 Å². The van der Waals surface area contributed by atoms with E-state index in [4.69, 9.17) is 10.00 Å². The molecule has 0 aliphatic carbocycles. The summed E-state index contributed by atoms with van der Waals surface area (Å²) in [6.07, 6.45) is -3.67. The van der Waals surface area contributed by atoms with E-state index in [1.807, 2.05) is 6.07 Å². The highest BCUT2D eigenvalue weighted by atomic mass is 79.9. The molecule has 1 rings (SSSR count). The van der Waals surface area contributed by atoms with Crippen LogP contribution in [-0.2, 0) is 11.8 Å². The van der Waals surface area contributed by atoms with Crippen LogP contribution in [0.4, 0.5) is 13.2 Å². The molecule has 0 amide bonds. The van der Waals surface area contributed by atoms with Gasteiger partial charge >= 0.3 is 6.36 Å². The molecule has 0 aromatic carbocycles. The highest BCUT2D eigenvalue weighted by molar-refractivity contribution is 9.08. The summed E-state index contributed by atoms with van der Waals surface area (Å²) in [4.78, 5) is 3.81. The van der Waals surface area contributed by atoms with E-state index in [-0.39, 0.29) is 28.8 Å². The molecular formula is C10H8BrF3N2O2. The SMILES string of the molecule is COc1c(CC#N)cnc(CBr)c1OC(F)(F)F. The summed E-state index contributed by atoms with van der Waals surface area (Å²) in [5, 5.41) is 8.66. The molecule has 0 aliphatic heterocycles. The molecule has 8 heteroatoms. The molecule has 0 spiro atoms. The molecule has 0 N–H and O–H groups in total. The van der Waals surface area contributed by atoms with Gasteiger partial charge in [0.2, 0.25) is 0 Å². The van der Waals surface area contributed by atoms with Gasteiger partial charge in [0.15, 0.2) is 11.5 Å². The Morgan fingerprint density at radius 2 is 2.11 bits per heavy atom. The van der Waals surface area contributed by atoms with Crippen LogP contribution >= 0.6 is 15.9 Å². The number of halogens is 4. The van der Waals surface area contributed by atoms with Crippen LogP contribution in [-0.4, -0.2) is 18.5 Å². The number of methoxy groups -OCH3 is 1. The van der Waals surface area contributed by atoms with Gasteiger partial charge in [-0.15, -0.1) is 13.2 Å². The van der Waals surface area contributed by atoms with E-state index in [9.17, 15) is 13.2 Å². The first-order valence-electron chi connectivity index (χ1n) is 4.66. The number of nitrogens with zero attached hydrogens (tertiary/aromatic N) is 2. The van der Waals surface area contributed by atoms with Crippen LogP contribution < -0.4 is 9.47 Å². The van der Waals surface area contributed by atoms with Crippen LogP contribution in [0.1, 0.15) is 11.3 Å². The van der Waals surface area contributed by atoms with Crippen molar-refractivity contribution in [3.63, 3.8) is 0 Å². The van der Waals surface area contributed by atoms with E-state index in [2.05, 4.69) is 25.7 Å². The van der Waals surface area contributed by atoms with E-state index in [1.165, 1.54) is 13.3 Å². The summed E-state index contributed by atoms with van der Waals surface area (Å²) in [6.45, 7) is 0. The third-order valence-corrected chi connectivity index (χ3v) is 2.49. The van der Waals surface area contributed by atoms with E-state index in [0.29, 0.717) is 0 Å². The molecule has 0 fully saturated rings. The summed E-state index contributed by atoms with van der Waals surface area (Å²) in [5.41, 5.74) is 0.287. The molecule has 4 nitrogen and oxygen atoms in total. The Morgan fingerprint density at radius 1 is 1.44 bits per heavy atom. The predicted molar refractivity (Wildman–Crippen MR) is 59.4 cm³/mol. The topological polar surface area (TPSA) is 55.1 Å². The van der Waals surface area contributed by atoms with Gasteiger partial charge in [0.1, 0.15) is 0 Å². The van der Waals surface area contributed by atoms with Gasteiger partial charge in [-0.2, -0.15) is 5.26 Å². The number of ether oxygens (including phenoxy) is 2. The maximum absolute atomic E-state index is 12.3. The molecule has 0 bridgehead atoms.